The molecule has 0 bridgehead atoms. The second kappa shape index (κ2) is 5.91. The van der Waals surface area contributed by atoms with Crippen LogP contribution in [0.5, 0.6) is 0 Å². The van der Waals surface area contributed by atoms with Crippen LogP contribution in [0.1, 0.15) is 34.0 Å². The van der Waals surface area contributed by atoms with Crippen LogP contribution in [0.15, 0.2) is 42.5 Å². The maximum atomic E-state index is 12.7. The summed E-state index contributed by atoms with van der Waals surface area (Å²) in [6.45, 7) is 8.79. The molecule has 0 radical (unpaired) electrons. The molecule has 0 aromatic heterocycles. The number of carbonyl (C=O) groups is 1. The summed E-state index contributed by atoms with van der Waals surface area (Å²) in [5.74, 6) is 0.0567. The van der Waals surface area contributed by atoms with E-state index in [1.54, 1.807) is 0 Å². The molecule has 0 N–H and O–H groups in total. The smallest absolute Gasteiger partial charge is 0.258 e. The highest BCUT2D eigenvalue weighted by Gasteiger charge is 2.17. The topological polar surface area (TPSA) is 20.3 Å². The van der Waals surface area contributed by atoms with Gasteiger partial charge in [-0.3, -0.25) is 4.79 Å². The molecule has 104 valence electrons. The van der Waals surface area contributed by atoms with Crippen LogP contribution in [-0.2, 0) is 0 Å². The molecule has 2 nitrogen and oxygen atoms in total. The quantitative estimate of drug-likeness (QED) is 0.813. The Morgan fingerprint density at radius 2 is 1.55 bits per heavy atom. The Balaban J connectivity index is 2.39. The molecule has 0 atom stereocenters. The zero-order valence-electron chi connectivity index (χ0n) is 12.6. The van der Waals surface area contributed by atoms with Crippen LogP contribution in [0.3, 0.4) is 0 Å². The molecule has 0 spiro atoms. The van der Waals surface area contributed by atoms with Gasteiger partial charge in [0.2, 0.25) is 0 Å². The molecule has 0 fully saturated rings. The highest BCUT2D eigenvalue weighted by atomic mass is 16.2. The number of hydrogen-bond donors (Lipinski definition) is 0. The van der Waals surface area contributed by atoms with Gasteiger partial charge in [-0.15, -0.1) is 0 Å². The van der Waals surface area contributed by atoms with Crippen molar-refractivity contribution in [2.75, 3.05) is 11.4 Å². The van der Waals surface area contributed by atoms with Crippen molar-refractivity contribution in [3.63, 3.8) is 0 Å². The molecule has 0 aliphatic carbocycles. The summed E-state index contributed by atoms with van der Waals surface area (Å²) >= 11 is 0. The van der Waals surface area contributed by atoms with Gasteiger partial charge in [0.25, 0.3) is 5.91 Å². The summed E-state index contributed by atoms with van der Waals surface area (Å²) < 4.78 is 0. The van der Waals surface area contributed by atoms with Gasteiger partial charge in [-0.25, -0.2) is 0 Å². The van der Waals surface area contributed by atoms with Crippen LogP contribution in [0.25, 0.3) is 0 Å². The molecule has 0 aliphatic heterocycles. The van der Waals surface area contributed by atoms with Crippen molar-refractivity contribution < 1.29 is 4.79 Å². The van der Waals surface area contributed by atoms with Crippen LogP contribution >= 0.6 is 0 Å². The summed E-state index contributed by atoms with van der Waals surface area (Å²) in [5.41, 5.74) is 5.19. The van der Waals surface area contributed by atoms with Gasteiger partial charge in [0.15, 0.2) is 0 Å². The third kappa shape index (κ3) is 2.90. The minimum atomic E-state index is 0.0567. The minimum absolute atomic E-state index is 0.0567. The van der Waals surface area contributed by atoms with Crippen molar-refractivity contribution in [2.24, 2.45) is 0 Å². The van der Waals surface area contributed by atoms with Crippen molar-refractivity contribution in [3.8, 4) is 0 Å². The largest absolute Gasteiger partial charge is 0.308 e. The van der Waals surface area contributed by atoms with Crippen molar-refractivity contribution >= 4 is 11.6 Å². The Morgan fingerprint density at radius 3 is 2.15 bits per heavy atom. The molecule has 0 aliphatic rings. The SMILES string of the molecule is CCN(C(=O)c1ccc(C)cc1)c1cc(C)ccc1C. The number of aryl methyl sites for hydroxylation is 3. The monoisotopic (exact) mass is 267 g/mol. The molecule has 2 aromatic rings. The first kappa shape index (κ1) is 14.3. The first-order valence-corrected chi connectivity index (χ1v) is 6.98. The summed E-state index contributed by atoms with van der Waals surface area (Å²) in [7, 11) is 0. The Kier molecular flexibility index (Phi) is 4.23. The second-order valence-electron chi connectivity index (χ2n) is 5.21. The van der Waals surface area contributed by atoms with Gasteiger partial charge >= 0.3 is 0 Å². The number of rotatable bonds is 3. The van der Waals surface area contributed by atoms with E-state index in [0.717, 1.165) is 22.4 Å². The van der Waals surface area contributed by atoms with Crippen molar-refractivity contribution in [1.29, 1.82) is 0 Å². The fourth-order valence-electron chi connectivity index (χ4n) is 2.29. The third-order valence-corrected chi connectivity index (χ3v) is 3.52. The van der Waals surface area contributed by atoms with Gasteiger partial charge < -0.3 is 4.90 Å². The van der Waals surface area contributed by atoms with E-state index in [4.69, 9.17) is 0 Å². The minimum Gasteiger partial charge on any atom is -0.308 e. The number of benzene rings is 2. The van der Waals surface area contributed by atoms with Crippen LogP contribution in [0, 0.1) is 20.8 Å². The van der Waals surface area contributed by atoms with Gasteiger partial charge in [-0.05, 0) is 57.0 Å². The molecule has 2 heteroatoms. The van der Waals surface area contributed by atoms with Crippen molar-refractivity contribution in [2.45, 2.75) is 27.7 Å². The Morgan fingerprint density at radius 1 is 0.950 bits per heavy atom. The number of carbonyl (C=O) groups excluding carboxylic acids is 1. The molecule has 0 unspecified atom stereocenters. The van der Waals surface area contributed by atoms with Gasteiger partial charge in [0.05, 0.1) is 0 Å². The van der Waals surface area contributed by atoms with Gasteiger partial charge in [-0.2, -0.15) is 0 Å². The van der Waals surface area contributed by atoms with Gasteiger partial charge in [-0.1, -0.05) is 29.8 Å². The average Bonchev–Trinajstić information content (AvgIpc) is 2.44. The van der Waals surface area contributed by atoms with E-state index < -0.39 is 0 Å². The molecule has 20 heavy (non-hydrogen) atoms. The van der Waals surface area contributed by atoms with Crippen LogP contribution in [-0.4, -0.2) is 12.5 Å². The first-order valence-electron chi connectivity index (χ1n) is 6.98. The van der Waals surface area contributed by atoms with Crippen molar-refractivity contribution in [1.82, 2.24) is 0 Å². The molecule has 2 rings (SSSR count). The van der Waals surface area contributed by atoms with E-state index in [0.29, 0.717) is 6.54 Å². The molecular formula is C18H21NO. The lowest BCUT2D eigenvalue weighted by Crippen LogP contribution is -2.31. The third-order valence-electron chi connectivity index (χ3n) is 3.52. The van der Waals surface area contributed by atoms with Crippen LogP contribution in [0.2, 0.25) is 0 Å². The number of amides is 1. The Hall–Kier alpha value is -2.09. The average molecular weight is 267 g/mol. The summed E-state index contributed by atoms with van der Waals surface area (Å²) in [6, 6.07) is 14.0. The number of nitrogens with zero attached hydrogens (tertiary/aromatic N) is 1. The molecule has 0 saturated heterocycles. The summed E-state index contributed by atoms with van der Waals surface area (Å²) in [6.07, 6.45) is 0. The zero-order valence-corrected chi connectivity index (χ0v) is 12.6. The van der Waals surface area contributed by atoms with E-state index in [1.165, 1.54) is 5.56 Å². The second-order valence-corrected chi connectivity index (χ2v) is 5.21. The number of anilines is 1. The highest BCUT2D eigenvalue weighted by molar-refractivity contribution is 6.06. The van der Waals surface area contributed by atoms with E-state index >= 15 is 0 Å². The van der Waals surface area contributed by atoms with E-state index in [-0.39, 0.29) is 5.91 Å². The molecular weight excluding hydrogens is 246 g/mol. The molecule has 0 heterocycles. The maximum absolute atomic E-state index is 12.7. The predicted molar refractivity (Wildman–Crippen MR) is 84.4 cm³/mol. The van der Waals surface area contributed by atoms with E-state index in [2.05, 4.69) is 18.2 Å². The lowest BCUT2D eigenvalue weighted by Gasteiger charge is -2.23. The van der Waals surface area contributed by atoms with E-state index in [1.807, 2.05) is 56.9 Å². The lowest BCUT2D eigenvalue weighted by molar-refractivity contribution is 0.0988. The first-order chi connectivity index (χ1) is 9.52. The lowest BCUT2D eigenvalue weighted by atomic mass is 10.1. The molecule has 2 aromatic carbocycles. The number of hydrogen-bond acceptors (Lipinski definition) is 1. The van der Waals surface area contributed by atoms with E-state index in [9.17, 15) is 4.79 Å². The van der Waals surface area contributed by atoms with Gasteiger partial charge in [0.1, 0.15) is 0 Å². The normalized spacial score (nSPS) is 10.4. The predicted octanol–water partition coefficient (Wildman–Crippen LogP) is 4.28. The maximum Gasteiger partial charge on any atom is 0.258 e. The zero-order chi connectivity index (χ0) is 14.7. The molecule has 1 amide bonds. The highest BCUT2D eigenvalue weighted by Crippen LogP contribution is 2.23. The fourth-order valence-corrected chi connectivity index (χ4v) is 2.29. The van der Waals surface area contributed by atoms with Crippen LogP contribution in [0.4, 0.5) is 5.69 Å². The Bertz CT molecular complexity index is 614. The fraction of sp³-hybridized carbons (Fsp3) is 0.278. The van der Waals surface area contributed by atoms with Crippen molar-refractivity contribution in [3.05, 3.63) is 64.7 Å². The standard InChI is InChI=1S/C18H21NO/c1-5-19(17-12-14(3)6-9-15(17)4)18(20)16-10-7-13(2)8-11-16/h6-12H,5H2,1-4H3. The Labute approximate surface area is 121 Å². The van der Waals surface area contributed by atoms with Crippen LogP contribution < -0.4 is 4.90 Å². The summed E-state index contributed by atoms with van der Waals surface area (Å²) in [4.78, 5) is 14.5. The van der Waals surface area contributed by atoms with Gasteiger partial charge in [0, 0.05) is 17.8 Å². The summed E-state index contributed by atoms with van der Waals surface area (Å²) in [5, 5.41) is 0. The molecule has 0 saturated carbocycles.